The quantitative estimate of drug-likeness (QED) is 0.169. The van der Waals surface area contributed by atoms with Gasteiger partial charge in [-0.05, 0) is 64.6 Å². The molecule has 2 rings (SSSR count). The van der Waals surface area contributed by atoms with Crippen LogP contribution in [0.5, 0.6) is 17.2 Å². The zero-order chi connectivity index (χ0) is 20.5. The van der Waals surface area contributed by atoms with Crippen molar-refractivity contribution in [2.24, 2.45) is 5.73 Å². The van der Waals surface area contributed by atoms with Gasteiger partial charge in [0.2, 0.25) is 0 Å². The molecule has 0 aliphatic heterocycles. The fourth-order valence-electron chi connectivity index (χ4n) is 1.90. The van der Waals surface area contributed by atoms with E-state index < -0.39 is 21.3 Å². The Bertz CT molecular complexity index is 929. The third-order valence-corrected chi connectivity index (χ3v) is 9.93. The molecule has 0 aliphatic rings. The summed E-state index contributed by atoms with van der Waals surface area (Å²) < 4.78 is 37.5. The maximum atomic E-state index is 11.4. The second-order valence-corrected chi connectivity index (χ2v) is 13.2. The molecule has 0 saturated heterocycles. The molecule has 0 amide bonds. The zero-order valence-corrected chi connectivity index (χ0v) is 20.5. The highest BCUT2D eigenvalue weighted by Crippen LogP contribution is 2.50. The average Bonchev–Trinajstić information content (AvgIpc) is 2.55. The Hall–Kier alpha value is -0.430. The van der Waals surface area contributed by atoms with Crippen LogP contribution in [-0.4, -0.2) is 27.6 Å². The molecule has 0 spiro atoms. The predicted molar refractivity (Wildman–Crippen MR) is 123 cm³/mol. The topological polar surface area (TPSA) is 136 Å². The Labute approximate surface area is 196 Å². The van der Waals surface area contributed by atoms with Crippen molar-refractivity contribution < 1.29 is 31.8 Å². The summed E-state index contributed by atoms with van der Waals surface area (Å²) in [5, 5.41) is 9.35. The molecule has 1 atom stereocenters. The summed E-state index contributed by atoms with van der Waals surface area (Å²) in [4.78, 5) is 11.4. The lowest BCUT2D eigenvalue weighted by atomic mass is 10.1. The summed E-state index contributed by atoms with van der Waals surface area (Å²) in [6.45, 7) is 0. The molecule has 0 saturated carbocycles. The van der Waals surface area contributed by atoms with Gasteiger partial charge in [-0.1, -0.05) is 57.3 Å². The largest absolute Gasteiger partial charge is 0.479 e. The number of nitrogens with two attached hydrogens (primary N) is 1. The molecule has 0 bridgehead atoms. The molecule has 0 aliphatic carbocycles. The summed E-state index contributed by atoms with van der Waals surface area (Å²) in [6.07, 6.45) is 0. The van der Waals surface area contributed by atoms with Gasteiger partial charge in [-0.25, -0.2) is 4.79 Å². The molecule has 0 heterocycles. The Morgan fingerprint density at radius 1 is 0.926 bits per heavy atom. The van der Waals surface area contributed by atoms with Gasteiger partial charge < -0.3 is 19.8 Å². The number of carbonyl (C=O) groups is 1. The van der Waals surface area contributed by atoms with Crippen molar-refractivity contribution in [3.05, 3.63) is 54.1 Å². The van der Waals surface area contributed by atoms with Crippen LogP contribution in [0.25, 0.3) is 0 Å². The van der Waals surface area contributed by atoms with Gasteiger partial charge in [0.25, 0.3) is 0 Å². The monoisotopic (exact) mass is 731 g/mol. The van der Waals surface area contributed by atoms with Crippen LogP contribution >= 0.6 is 67.8 Å². The molecule has 2 aromatic carbocycles. The number of benzene rings is 2. The van der Waals surface area contributed by atoms with Crippen molar-refractivity contribution in [2.75, 3.05) is 0 Å². The Kier molecular flexibility index (Phi) is 7.21. The highest BCUT2D eigenvalue weighted by molar-refractivity contribution is 14.2. The van der Waals surface area contributed by atoms with E-state index in [2.05, 4.69) is 4.18 Å². The maximum absolute atomic E-state index is 11.4. The van der Waals surface area contributed by atoms with Crippen LogP contribution in [-0.2, 0) is 16.6 Å². The predicted octanol–water partition coefficient (Wildman–Crippen LogP) is 3.86. The van der Waals surface area contributed by atoms with Crippen LogP contribution in [0.3, 0.4) is 0 Å². The highest BCUT2D eigenvalue weighted by Gasteiger charge is 2.51. The second kappa shape index (κ2) is 8.52. The van der Waals surface area contributed by atoms with Gasteiger partial charge in [0.05, 0.1) is 0 Å². The molecule has 2 aromatic rings. The van der Waals surface area contributed by atoms with Crippen molar-refractivity contribution in [3.8, 4) is 17.2 Å². The van der Waals surface area contributed by atoms with Gasteiger partial charge >= 0.3 is 16.4 Å². The van der Waals surface area contributed by atoms with E-state index in [1.807, 2.05) is 45.2 Å². The normalized spacial score (nSPS) is 14.3. The summed E-state index contributed by atoms with van der Waals surface area (Å²) in [5.41, 5.74) is 6.66. The molecule has 12 heteroatoms. The van der Waals surface area contributed by atoms with Gasteiger partial charge in [-0.15, -0.1) is 0 Å². The van der Waals surface area contributed by atoms with Crippen LogP contribution in [0.15, 0.2) is 48.5 Å². The first-order valence-electron chi connectivity index (χ1n) is 6.97. The van der Waals surface area contributed by atoms with E-state index in [9.17, 15) is 18.3 Å². The van der Waals surface area contributed by atoms with E-state index in [4.69, 9.17) is 15.0 Å². The lowest BCUT2D eigenvalue weighted by Gasteiger charge is -2.32. The van der Waals surface area contributed by atoms with Gasteiger partial charge in [0.15, 0.2) is 3.55 Å². The highest BCUT2D eigenvalue weighted by atomic mass is 127. The van der Waals surface area contributed by atoms with E-state index in [1.54, 1.807) is 46.9 Å². The van der Waals surface area contributed by atoms with Crippen LogP contribution in [0, 0.1) is 0 Å². The lowest BCUT2D eigenvalue weighted by Crippen LogP contribution is -2.52. The van der Waals surface area contributed by atoms with E-state index in [0.29, 0.717) is 17.1 Å². The van der Waals surface area contributed by atoms with Crippen molar-refractivity contribution in [1.29, 1.82) is 0 Å². The number of rotatable bonds is 7. The first-order valence-corrected chi connectivity index (χ1v) is 11.6. The molecule has 0 fully saturated rings. The van der Waals surface area contributed by atoms with Crippen LogP contribution in [0.1, 0.15) is 5.56 Å². The number of aliphatic carboxylic acids is 1. The second-order valence-electron chi connectivity index (χ2n) is 5.20. The van der Waals surface area contributed by atoms with Crippen LogP contribution < -0.4 is 14.7 Å². The van der Waals surface area contributed by atoms with Crippen LogP contribution in [0.4, 0.5) is 0 Å². The maximum Gasteiger partial charge on any atom is 0.446 e. The molecule has 0 unspecified atom stereocenters. The SMILES string of the molecule is N[C@](I)(C(=O)O)C(I)(I)c1ccc(Oc2ccc(OS(=O)(=O)O)cc2)cc1. The molecular weight excluding hydrogens is 719 g/mol. The Morgan fingerprint density at radius 3 is 1.74 bits per heavy atom. The number of alkyl halides is 3. The number of carboxylic acids is 1. The van der Waals surface area contributed by atoms with E-state index in [1.165, 1.54) is 24.3 Å². The minimum atomic E-state index is -4.58. The first-order chi connectivity index (χ1) is 12.3. The number of hydrogen-bond acceptors (Lipinski definition) is 6. The van der Waals surface area contributed by atoms with E-state index >= 15 is 0 Å². The number of hydrogen-bond donors (Lipinski definition) is 3. The summed E-state index contributed by atoms with van der Waals surface area (Å²) in [5.74, 6) is -0.292. The van der Waals surface area contributed by atoms with Crippen molar-refractivity contribution >= 4 is 84.1 Å². The zero-order valence-electron chi connectivity index (χ0n) is 13.2. The van der Waals surface area contributed by atoms with E-state index in [0.717, 1.165) is 0 Å². The Balaban J connectivity index is 2.15. The molecule has 4 N–H and O–H groups in total. The van der Waals surface area contributed by atoms with Gasteiger partial charge in [-0.2, -0.15) is 8.42 Å². The third kappa shape index (κ3) is 5.78. The lowest BCUT2D eigenvalue weighted by molar-refractivity contribution is -0.139. The number of carboxylic acid groups (broad SMARTS) is 1. The third-order valence-electron chi connectivity index (χ3n) is 3.25. The summed E-state index contributed by atoms with van der Waals surface area (Å²) >= 11 is 5.71. The Morgan fingerprint density at radius 2 is 1.33 bits per heavy atom. The van der Waals surface area contributed by atoms with Crippen molar-refractivity contribution in [3.63, 3.8) is 0 Å². The first kappa shape index (κ1) is 22.9. The minimum Gasteiger partial charge on any atom is -0.479 e. The fourth-order valence-corrected chi connectivity index (χ4v) is 3.74. The number of ether oxygens (including phenoxy) is 1. The van der Waals surface area contributed by atoms with Gasteiger partial charge in [0.1, 0.15) is 18.7 Å². The molecule has 146 valence electrons. The van der Waals surface area contributed by atoms with Gasteiger partial charge in [0, 0.05) is 0 Å². The smallest absolute Gasteiger partial charge is 0.446 e. The number of halogens is 3. The molecule has 0 aromatic heterocycles. The fraction of sp³-hybridized carbons (Fsp3) is 0.133. The van der Waals surface area contributed by atoms with Crippen LogP contribution in [0.2, 0.25) is 0 Å². The van der Waals surface area contributed by atoms with Crippen molar-refractivity contribution in [1.82, 2.24) is 0 Å². The molecular formula is C15H12I3NO7S. The molecule has 8 nitrogen and oxygen atoms in total. The molecule has 0 radical (unpaired) electrons. The summed E-state index contributed by atoms with van der Waals surface area (Å²) in [6, 6.07) is 12.3. The van der Waals surface area contributed by atoms with Gasteiger partial charge in [-0.3, -0.25) is 4.55 Å². The molecule has 27 heavy (non-hydrogen) atoms. The standard InChI is InChI=1S/C15H12I3NO7S/c16-14(17,15(18,19)13(20)21)9-1-3-10(4-2-9)25-11-5-7-12(8-6-11)26-27(22,23)24/h1-8H,19H2,(H,20,21)(H,22,23,24)/t15-/m1/s1. The minimum absolute atomic E-state index is 0.0604. The van der Waals surface area contributed by atoms with Crippen molar-refractivity contribution in [2.45, 2.75) is 4.97 Å². The average molecular weight is 731 g/mol. The van der Waals surface area contributed by atoms with E-state index in [-0.39, 0.29) is 5.75 Å². The summed E-state index contributed by atoms with van der Waals surface area (Å²) in [7, 11) is -4.58.